The highest BCUT2D eigenvalue weighted by Crippen LogP contribution is 2.52. The maximum absolute atomic E-state index is 13.1. The summed E-state index contributed by atoms with van der Waals surface area (Å²) >= 11 is 0. The summed E-state index contributed by atoms with van der Waals surface area (Å²) in [6.07, 6.45) is -0.301. The highest BCUT2D eigenvalue weighted by Gasteiger charge is 2.36. The molecule has 0 saturated carbocycles. The molecule has 0 aromatic heterocycles. The highest BCUT2D eigenvalue weighted by atomic mass is 32.2. The van der Waals surface area contributed by atoms with Crippen LogP contribution in [0, 0.1) is 0 Å². The van der Waals surface area contributed by atoms with E-state index in [1.165, 1.54) is 0 Å². The van der Waals surface area contributed by atoms with E-state index in [1.54, 1.807) is 36.4 Å². The van der Waals surface area contributed by atoms with Crippen LogP contribution in [0.1, 0.15) is 35.6 Å². The fourth-order valence-corrected chi connectivity index (χ4v) is 5.70. The second kappa shape index (κ2) is 9.37. The van der Waals surface area contributed by atoms with Gasteiger partial charge in [-0.15, -0.1) is 0 Å². The van der Waals surface area contributed by atoms with Gasteiger partial charge in [0.2, 0.25) is 6.79 Å². The van der Waals surface area contributed by atoms with Gasteiger partial charge in [-0.3, -0.25) is 4.72 Å². The van der Waals surface area contributed by atoms with Crippen molar-refractivity contribution in [1.82, 2.24) is 0 Å². The molecule has 0 radical (unpaired) electrons. The molecule has 4 aromatic carbocycles. The molecule has 1 N–H and O–H groups in total. The van der Waals surface area contributed by atoms with E-state index >= 15 is 0 Å². The second-order valence-electron chi connectivity index (χ2n) is 9.03. The van der Waals surface area contributed by atoms with E-state index in [0.29, 0.717) is 35.3 Å². The van der Waals surface area contributed by atoms with Crippen molar-refractivity contribution >= 4 is 15.7 Å². The van der Waals surface area contributed by atoms with Gasteiger partial charge in [0.1, 0.15) is 12.7 Å². The van der Waals surface area contributed by atoms with Crippen LogP contribution in [0.4, 0.5) is 5.69 Å². The van der Waals surface area contributed by atoms with Gasteiger partial charge in [0.25, 0.3) is 10.0 Å². The molecule has 4 aromatic rings. The molecular formula is C29H25NO6S. The summed E-state index contributed by atoms with van der Waals surface area (Å²) in [5.74, 6) is 2.39. The number of sulfonamides is 1. The van der Waals surface area contributed by atoms with E-state index in [0.717, 1.165) is 16.7 Å². The quantitative estimate of drug-likeness (QED) is 0.324. The van der Waals surface area contributed by atoms with Crippen molar-refractivity contribution in [3.63, 3.8) is 0 Å². The first kappa shape index (κ1) is 23.2. The first-order chi connectivity index (χ1) is 18.0. The second-order valence-corrected chi connectivity index (χ2v) is 10.7. The number of ether oxygens (including phenoxy) is 4. The van der Waals surface area contributed by atoms with Gasteiger partial charge in [0.05, 0.1) is 10.6 Å². The summed E-state index contributed by atoms with van der Waals surface area (Å²) in [6, 6.07) is 27.3. The van der Waals surface area contributed by atoms with E-state index in [9.17, 15) is 8.42 Å². The van der Waals surface area contributed by atoms with Crippen molar-refractivity contribution < 1.29 is 27.4 Å². The van der Waals surface area contributed by atoms with Crippen molar-refractivity contribution in [3.8, 4) is 23.0 Å². The topological polar surface area (TPSA) is 83.1 Å². The van der Waals surface area contributed by atoms with Crippen LogP contribution in [0.15, 0.2) is 95.9 Å². The summed E-state index contributed by atoms with van der Waals surface area (Å²) in [5, 5.41) is 0. The van der Waals surface area contributed by atoms with Crippen LogP contribution in [0.5, 0.6) is 23.0 Å². The number of rotatable bonds is 7. The maximum atomic E-state index is 13.1. The smallest absolute Gasteiger partial charge is 0.261 e. The predicted octanol–water partition coefficient (Wildman–Crippen LogP) is 6.03. The summed E-state index contributed by atoms with van der Waals surface area (Å²) in [6.45, 7) is 2.56. The van der Waals surface area contributed by atoms with Crippen LogP contribution in [-0.2, 0) is 16.6 Å². The first-order valence-corrected chi connectivity index (χ1v) is 13.4. The zero-order chi connectivity index (χ0) is 25.4. The standard InChI is InChI=1S/C29H25NO6S/c1-19-24-15-22(30-37(31,32)23-10-6-3-7-11-23)16-27(33-17-20-8-4-2-5-9-20)29(24)36-28(19)21-12-13-25-26(14-21)35-18-34-25/h2-16,19,28,30H,17-18H2,1H3. The molecule has 2 unspecified atom stereocenters. The van der Waals surface area contributed by atoms with Crippen molar-refractivity contribution in [1.29, 1.82) is 0 Å². The fraction of sp³-hybridized carbons (Fsp3) is 0.172. The molecule has 2 aliphatic heterocycles. The average Bonchev–Trinajstić information content (AvgIpc) is 3.52. The van der Waals surface area contributed by atoms with Crippen LogP contribution in [0.3, 0.4) is 0 Å². The first-order valence-electron chi connectivity index (χ1n) is 12.0. The Morgan fingerprint density at radius 2 is 1.62 bits per heavy atom. The Kier molecular flexibility index (Phi) is 5.88. The average molecular weight is 516 g/mol. The third-order valence-electron chi connectivity index (χ3n) is 6.54. The molecule has 7 nitrogen and oxygen atoms in total. The van der Waals surface area contributed by atoms with Crippen LogP contribution in [0.25, 0.3) is 0 Å². The van der Waals surface area contributed by atoms with Gasteiger partial charge < -0.3 is 18.9 Å². The molecule has 188 valence electrons. The van der Waals surface area contributed by atoms with E-state index in [1.807, 2.05) is 54.6 Å². The lowest BCUT2D eigenvalue weighted by Gasteiger charge is -2.16. The van der Waals surface area contributed by atoms with E-state index in [2.05, 4.69) is 11.6 Å². The largest absolute Gasteiger partial charge is 0.485 e. The summed E-state index contributed by atoms with van der Waals surface area (Å²) < 4.78 is 52.5. The van der Waals surface area contributed by atoms with Gasteiger partial charge >= 0.3 is 0 Å². The number of hydrogen-bond acceptors (Lipinski definition) is 6. The molecule has 37 heavy (non-hydrogen) atoms. The van der Waals surface area contributed by atoms with Gasteiger partial charge in [0, 0.05) is 17.5 Å². The third kappa shape index (κ3) is 4.56. The Labute approximate surface area is 215 Å². The lowest BCUT2D eigenvalue weighted by atomic mass is 9.92. The van der Waals surface area contributed by atoms with Gasteiger partial charge in [-0.25, -0.2) is 8.42 Å². The number of benzene rings is 4. The summed E-state index contributed by atoms with van der Waals surface area (Å²) in [5.41, 5.74) is 3.20. The number of fused-ring (bicyclic) bond motifs is 2. The zero-order valence-electron chi connectivity index (χ0n) is 20.1. The Bertz CT molecular complexity index is 1540. The van der Waals surface area contributed by atoms with Crippen molar-refractivity contribution in [2.75, 3.05) is 11.5 Å². The maximum Gasteiger partial charge on any atom is 0.261 e. The predicted molar refractivity (Wildman–Crippen MR) is 139 cm³/mol. The lowest BCUT2D eigenvalue weighted by Crippen LogP contribution is -2.13. The molecule has 2 heterocycles. The Hall–Kier alpha value is -4.17. The molecule has 6 rings (SSSR count). The Morgan fingerprint density at radius 3 is 2.41 bits per heavy atom. The molecule has 8 heteroatoms. The molecule has 0 fully saturated rings. The Morgan fingerprint density at radius 1 is 0.892 bits per heavy atom. The van der Waals surface area contributed by atoms with Crippen LogP contribution in [0.2, 0.25) is 0 Å². The number of hydrogen-bond donors (Lipinski definition) is 1. The van der Waals surface area contributed by atoms with E-state index in [4.69, 9.17) is 18.9 Å². The van der Waals surface area contributed by atoms with Crippen LogP contribution >= 0.6 is 0 Å². The van der Waals surface area contributed by atoms with E-state index < -0.39 is 10.0 Å². The molecule has 2 aliphatic rings. The summed E-state index contributed by atoms with van der Waals surface area (Å²) in [4.78, 5) is 0.185. The minimum Gasteiger partial charge on any atom is -0.485 e. The van der Waals surface area contributed by atoms with E-state index in [-0.39, 0.29) is 23.7 Å². The van der Waals surface area contributed by atoms with Gasteiger partial charge in [-0.2, -0.15) is 0 Å². The number of nitrogens with one attached hydrogen (secondary N) is 1. The minimum absolute atomic E-state index is 0.0735. The molecule has 2 atom stereocenters. The van der Waals surface area contributed by atoms with Crippen molar-refractivity contribution in [2.24, 2.45) is 0 Å². The Balaban J connectivity index is 1.35. The fourth-order valence-electron chi connectivity index (χ4n) is 4.64. The van der Waals surface area contributed by atoms with Crippen molar-refractivity contribution in [3.05, 3.63) is 108 Å². The van der Waals surface area contributed by atoms with Gasteiger partial charge in [-0.1, -0.05) is 61.5 Å². The lowest BCUT2D eigenvalue weighted by molar-refractivity contribution is 0.173. The van der Waals surface area contributed by atoms with Gasteiger partial charge in [0.15, 0.2) is 23.0 Å². The third-order valence-corrected chi connectivity index (χ3v) is 7.94. The molecule has 0 aliphatic carbocycles. The minimum atomic E-state index is -3.78. The zero-order valence-corrected chi connectivity index (χ0v) is 20.9. The molecular weight excluding hydrogens is 490 g/mol. The normalized spacial score (nSPS) is 17.6. The molecule has 0 bridgehead atoms. The monoisotopic (exact) mass is 515 g/mol. The van der Waals surface area contributed by atoms with Gasteiger partial charge in [-0.05, 0) is 41.5 Å². The van der Waals surface area contributed by atoms with Crippen LogP contribution < -0.4 is 23.7 Å². The molecule has 0 amide bonds. The highest BCUT2D eigenvalue weighted by molar-refractivity contribution is 7.92. The number of anilines is 1. The molecule has 0 saturated heterocycles. The SMILES string of the molecule is CC1c2cc(NS(=O)(=O)c3ccccc3)cc(OCc3ccccc3)c2OC1c1ccc2c(c1)OCO2. The summed E-state index contributed by atoms with van der Waals surface area (Å²) in [7, 11) is -3.78. The van der Waals surface area contributed by atoms with Crippen LogP contribution in [-0.4, -0.2) is 15.2 Å². The molecule has 0 spiro atoms. The van der Waals surface area contributed by atoms with Crippen molar-refractivity contribution in [2.45, 2.75) is 30.4 Å².